The van der Waals surface area contributed by atoms with Gasteiger partial charge in [0.2, 0.25) is 0 Å². The number of nitrogens with one attached hydrogen (secondary N) is 1. The fourth-order valence-corrected chi connectivity index (χ4v) is 1.54. The van der Waals surface area contributed by atoms with Gasteiger partial charge in [0.25, 0.3) is 5.91 Å². The minimum absolute atomic E-state index is 0.132. The monoisotopic (exact) mass is 264 g/mol. The van der Waals surface area contributed by atoms with E-state index in [0.717, 1.165) is 0 Å². The van der Waals surface area contributed by atoms with Gasteiger partial charge in [-0.3, -0.25) is 4.79 Å². The maximum atomic E-state index is 12.1. The molecule has 0 radical (unpaired) electrons. The quantitative estimate of drug-likeness (QED) is 0.822. The fraction of sp³-hybridized carbons (Fsp3) is 0.533. The molecule has 0 aromatic heterocycles. The summed E-state index contributed by atoms with van der Waals surface area (Å²) in [5.41, 5.74) is 6.93. The lowest BCUT2D eigenvalue weighted by Crippen LogP contribution is -2.33. The summed E-state index contributed by atoms with van der Waals surface area (Å²) in [4.78, 5) is 12.1. The van der Waals surface area contributed by atoms with Crippen LogP contribution in [-0.4, -0.2) is 19.6 Å². The van der Waals surface area contributed by atoms with Crippen LogP contribution in [0.25, 0.3) is 0 Å². The predicted molar refractivity (Wildman–Crippen MR) is 78.4 cm³/mol. The molecule has 1 atom stereocenters. The van der Waals surface area contributed by atoms with Crippen molar-refractivity contribution in [2.75, 3.05) is 19.4 Å². The van der Waals surface area contributed by atoms with Crippen molar-refractivity contribution in [1.29, 1.82) is 0 Å². The summed E-state index contributed by atoms with van der Waals surface area (Å²) in [6, 6.07) is 5.04. The van der Waals surface area contributed by atoms with Crippen molar-refractivity contribution in [3.63, 3.8) is 0 Å². The molecular weight excluding hydrogens is 240 g/mol. The first-order chi connectivity index (χ1) is 8.75. The van der Waals surface area contributed by atoms with E-state index >= 15 is 0 Å². The highest BCUT2D eigenvalue weighted by Gasteiger charge is 2.21. The van der Waals surface area contributed by atoms with Gasteiger partial charge in [0, 0.05) is 18.3 Å². The molecule has 0 heterocycles. The Hall–Kier alpha value is -1.71. The highest BCUT2D eigenvalue weighted by atomic mass is 16.5. The Balaban J connectivity index is 2.74. The molecule has 4 heteroatoms. The lowest BCUT2D eigenvalue weighted by atomic mass is 9.82. The lowest BCUT2D eigenvalue weighted by Gasteiger charge is -2.27. The van der Waals surface area contributed by atoms with Gasteiger partial charge in [-0.2, -0.15) is 0 Å². The van der Waals surface area contributed by atoms with Gasteiger partial charge in [0.15, 0.2) is 0 Å². The summed E-state index contributed by atoms with van der Waals surface area (Å²) in [7, 11) is 1.53. The van der Waals surface area contributed by atoms with E-state index in [-0.39, 0.29) is 11.3 Å². The van der Waals surface area contributed by atoms with Gasteiger partial charge in [-0.15, -0.1) is 0 Å². The Kier molecular flexibility index (Phi) is 4.81. The Labute approximate surface area is 115 Å². The molecule has 3 N–H and O–H groups in total. The van der Waals surface area contributed by atoms with Gasteiger partial charge in [-0.1, -0.05) is 27.7 Å². The zero-order chi connectivity index (χ0) is 14.6. The number of methoxy groups -OCH3 is 1. The summed E-state index contributed by atoms with van der Waals surface area (Å²) >= 11 is 0. The van der Waals surface area contributed by atoms with Crippen LogP contribution in [0.3, 0.4) is 0 Å². The van der Waals surface area contributed by atoms with Crippen LogP contribution in [0.2, 0.25) is 0 Å². The predicted octanol–water partition coefficient (Wildman–Crippen LogP) is 2.69. The largest absolute Gasteiger partial charge is 0.496 e. The molecule has 19 heavy (non-hydrogen) atoms. The van der Waals surface area contributed by atoms with Gasteiger partial charge < -0.3 is 15.8 Å². The molecule has 0 saturated heterocycles. The molecule has 1 aromatic rings. The number of amides is 1. The summed E-state index contributed by atoms with van der Waals surface area (Å²) in [5, 5.41) is 2.94. The number of carbonyl (C=O) groups excluding carboxylic acids is 1. The Morgan fingerprint density at radius 3 is 2.58 bits per heavy atom. The summed E-state index contributed by atoms with van der Waals surface area (Å²) in [6.45, 7) is 9.24. The lowest BCUT2D eigenvalue weighted by molar-refractivity contribution is 0.0934. The van der Waals surface area contributed by atoms with E-state index in [1.165, 1.54) is 7.11 Å². The van der Waals surface area contributed by atoms with Gasteiger partial charge in [-0.05, 0) is 23.5 Å². The second-order valence-electron chi connectivity index (χ2n) is 5.94. The summed E-state index contributed by atoms with van der Waals surface area (Å²) in [6.07, 6.45) is 0. The normalized spacial score (nSPS) is 12.9. The standard InChI is InChI=1S/C15H24N2O2/c1-10(15(2,3)4)9-17-14(18)12-7-6-11(16)8-13(12)19-5/h6-8,10H,9,16H2,1-5H3,(H,17,18). The van der Waals surface area contributed by atoms with E-state index < -0.39 is 0 Å². The van der Waals surface area contributed by atoms with Gasteiger partial charge in [0.05, 0.1) is 12.7 Å². The molecule has 0 spiro atoms. The molecule has 0 fully saturated rings. The molecular formula is C15H24N2O2. The molecule has 1 aromatic carbocycles. The second kappa shape index (κ2) is 5.95. The van der Waals surface area contributed by atoms with E-state index in [9.17, 15) is 4.79 Å². The Bertz CT molecular complexity index is 450. The molecule has 1 rings (SSSR count). The number of ether oxygens (including phenoxy) is 1. The van der Waals surface area contributed by atoms with Crippen molar-refractivity contribution in [2.24, 2.45) is 11.3 Å². The second-order valence-corrected chi connectivity index (χ2v) is 5.94. The fourth-order valence-electron chi connectivity index (χ4n) is 1.54. The molecule has 0 bridgehead atoms. The van der Waals surface area contributed by atoms with E-state index in [2.05, 4.69) is 33.0 Å². The number of rotatable bonds is 4. The van der Waals surface area contributed by atoms with Crippen molar-refractivity contribution in [3.8, 4) is 5.75 Å². The molecule has 106 valence electrons. The first-order valence-corrected chi connectivity index (χ1v) is 6.47. The molecule has 0 aliphatic heterocycles. The van der Waals surface area contributed by atoms with Crippen LogP contribution < -0.4 is 15.8 Å². The van der Waals surface area contributed by atoms with Crippen molar-refractivity contribution >= 4 is 11.6 Å². The van der Waals surface area contributed by atoms with E-state index in [1.807, 2.05) is 0 Å². The van der Waals surface area contributed by atoms with Crippen LogP contribution in [0.1, 0.15) is 38.1 Å². The van der Waals surface area contributed by atoms with E-state index in [1.54, 1.807) is 18.2 Å². The molecule has 4 nitrogen and oxygen atoms in total. The highest BCUT2D eigenvalue weighted by molar-refractivity contribution is 5.97. The van der Waals surface area contributed by atoms with E-state index in [4.69, 9.17) is 10.5 Å². The van der Waals surface area contributed by atoms with E-state index in [0.29, 0.717) is 29.5 Å². The molecule has 0 aliphatic carbocycles. The van der Waals surface area contributed by atoms with Gasteiger partial charge >= 0.3 is 0 Å². The first-order valence-electron chi connectivity index (χ1n) is 6.47. The minimum atomic E-state index is -0.132. The Morgan fingerprint density at radius 2 is 2.05 bits per heavy atom. The number of benzene rings is 1. The van der Waals surface area contributed by atoms with Crippen LogP contribution in [0, 0.1) is 11.3 Å². The maximum Gasteiger partial charge on any atom is 0.255 e. The number of carbonyl (C=O) groups is 1. The maximum absolute atomic E-state index is 12.1. The van der Waals surface area contributed by atoms with Crippen molar-refractivity contribution in [1.82, 2.24) is 5.32 Å². The molecule has 0 saturated carbocycles. The summed E-state index contributed by atoms with van der Waals surface area (Å²) < 4.78 is 5.18. The number of nitrogen functional groups attached to an aromatic ring is 1. The highest BCUT2D eigenvalue weighted by Crippen LogP contribution is 2.25. The topological polar surface area (TPSA) is 64.3 Å². The van der Waals surface area contributed by atoms with Crippen LogP contribution in [0.5, 0.6) is 5.75 Å². The van der Waals surface area contributed by atoms with Crippen LogP contribution in [-0.2, 0) is 0 Å². The number of nitrogens with two attached hydrogens (primary N) is 1. The molecule has 1 amide bonds. The SMILES string of the molecule is COc1cc(N)ccc1C(=O)NCC(C)C(C)(C)C. The van der Waals surface area contributed by atoms with Crippen LogP contribution in [0.15, 0.2) is 18.2 Å². The smallest absolute Gasteiger partial charge is 0.255 e. The number of anilines is 1. The average Bonchev–Trinajstić information content (AvgIpc) is 2.33. The van der Waals surface area contributed by atoms with Crippen LogP contribution in [0.4, 0.5) is 5.69 Å². The third kappa shape index (κ3) is 4.16. The van der Waals surface area contributed by atoms with Crippen molar-refractivity contribution < 1.29 is 9.53 Å². The summed E-state index contributed by atoms with van der Waals surface area (Å²) in [5.74, 6) is 0.755. The first kappa shape index (κ1) is 15.3. The van der Waals surface area contributed by atoms with Crippen LogP contribution >= 0.6 is 0 Å². The van der Waals surface area contributed by atoms with Crippen molar-refractivity contribution in [3.05, 3.63) is 23.8 Å². The third-order valence-electron chi connectivity index (χ3n) is 3.52. The van der Waals surface area contributed by atoms with Gasteiger partial charge in [0.1, 0.15) is 5.75 Å². The Morgan fingerprint density at radius 1 is 1.42 bits per heavy atom. The third-order valence-corrected chi connectivity index (χ3v) is 3.52. The number of hydrogen-bond donors (Lipinski definition) is 2. The zero-order valence-corrected chi connectivity index (χ0v) is 12.4. The molecule has 1 unspecified atom stereocenters. The minimum Gasteiger partial charge on any atom is -0.496 e. The van der Waals surface area contributed by atoms with Gasteiger partial charge in [-0.25, -0.2) is 0 Å². The number of hydrogen-bond acceptors (Lipinski definition) is 3. The molecule has 0 aliphatic rings. The van der Waals surface area contributed by atoms with Crippen molar-refractivity contribution in [2.45, 2.75) is 27.7 Å². The zero-order valence-electron chi connectivity index (χ0n) is 12.4. The average molecular weight is 264 g/mol.